The van der Waals surface area contributed by atoms with Crippen LogP contribution in [0.25, 0.3) is 0 Å². The van der Waals surface area contributed by atoms with Crippen LogP contribution in [-0.2, 0) is 22.6 Å². The van der Waals surface area contributed by atoms with Crippen molar-refractivity contribution in [1.82, 2.24) is 5.32 Å². The first-order valence-corrected chi connectivity index (χ1v) is 7.59. The van der Waals surface area contributed by atoms with E-state index in [1.165, 1.54) is 11.1 Å². The SMILES string of the molecule is Cc1ccc(CC(=O)NCCOCc2ccccc2)cc1C. The highest BCUT2D eigenvalue weighted by atomic mass is 16.5. The van der Waals surface area contributed by atoms with Crippen molar-refractivity contribution in [3.05, 3.63) is 70.8 Å². The first kappa shape index (κ1) is 16.2. The molecule has 1 N–H and O–H groups in total. The molecule has 0 aliphatic heterocycles. The predicted octanol–water partition coefficient (Wildman–Crippen LogP) is 3.18. The Bertz CT molecular complexity index is 608. The average molecular weight is 297 g/mol. The number of rotatable bonds is 7. The van der Waals surface area contributed by atoms with Gasteiger partial charge in [-0.15, -0.1) is 0 Å². The monoisotopic (exact) mass is 297 g/mol. The van der Waals surface area contributed by atoms with Gasteiger partial charge < -0.3 is 10.1 Å². The van der Waals surface area contributed by atoms with E-state index >= 15 is 0 Å². The summed E-state index contributed by atoms with van der Waals surface area (Å²) in [5.41, 5.74) is 4.66. The van der Waals surface area contributed by atoms with Crippen molar-refractivity contribution in [2.45, 2.75) is 26.9 Å². The Hall–Kier alpha value is -2.13. The van der Waals surface area contributed by atoms with Crippen molar-refractivity contribution in [3.8, 4) is 0 Å². The fraction of sp³-hybridized carbons (Fsp3) is 0.316. The molecule has 0 heterocycles. The maximum atomic E-state index is 11.9. The summed E-state index contributed by atoms with van der Waals surface area (Å²) >= 11 is 0. The second kappa shape index (κ2) is 8.35. The van der Waals surface area contributed by atoms with Crippen LogP contribution in [0, 0.1) is 13.8 Å². The van der Waals surface area contributed by atoms with Gasteiger partial charge in [0.05, 0.1) is 19.6 Å². The Morgan fingerprint density at radius 3 is 2.50 bits per heavy atom. The molecule has 0 spiro atoms. The largest absolute Gasteiger partial charge is 0.375 e. The van der Waals surface area contributed by atoms with E-state index in [1.54, 1.807) is 0 Å². The van der Waals surface area contributed by atoms with Gasteiger partial charge in [0.25, 0.3) is 0 Å². The number of benzene rings is 2. The molecule has 0 atom stereocenters. The Labute approximate surface area is 132 Å². The summed E-state index contributed by atoms with van der Waals surface area (Å²) in [5.74, 6) is 0.0339. The molecule has 0 bridgehead atoms. The van der Waals surface area contributed by atoms with Crippen LogP contribution in [0.4, 0.5) is 0 Å². The maximum absolute atomic E-state index is 11.9. The molecule has 116 valence electrons. The molecule has 0 radical (unpaired) electrons. The van der Waals surface area contributed by atoms with Crippen LogP contribution in [0.1, 0.15) is 22.3 Å². The molecule has 3 heteroatoms. The summed E-state index contributed by atoms with van der Waals surface area (Å²) in [6.45, 7) is 5.77. The molecule has 0 saturated carbocycles. The van der Waals surface area contributed by atoms with Crippen LogP contribution in [0.5, 0.6) is 0 Å². The highest BCUT2D eigenvalue weighted by Gasteiger charge is 2.04. The minimum atomic E-state index is 0.0339. The van der Waals surface area contributed by atoms with E-state index in [0.717, 1.165) is 11.1 Å². The standard InChI is InChI=1S/C19H23NO2/c1-15-8-9-18(12-16(15)2)13-19(21)20-10-11-22-14-17-6-4-3-5-7-17/h3-9,12H,10-11,13-14H2,1-2H3,(H,20,21). The highest BCUT2D eigenvalue weighted by molar-refractivity contribution is 5.78. The molecule has 1 amide bonds. The highest BCUT2D eigenvalue weighted by Crippen LogP contribution is 2.10. The molecule has 2 aromatic carbocycles. The van der Waals surface area contributed by atoms with E-state index in [9.17, 15) is 4.79 Å². The third-order valence-corrected chi connectivity index (χ3v) is 3.62. The molecule has 0 saturated heterocycles. The molecule has 0 aromatic heterocycles. The van der Waals surface area contributed by atoms with Crippen molar-refractivity contribution in [2.75, 3.05) is 13.2 Å². The van der Waals surface area contributed by atoms with Gasteiger partial charge >= 0.3 is 0 Å². The van der Waals surface area contributed by atoms with Gasteiger partial charge in [0.1, 0.15) is 0 Å². The molecule has 3 nitrogen and oxygen atoms in total. The van der Waals surface area contributed by atoms with Crippen LogP contribution in [-0.4, -0.2) is 19.1 Å². The van der Waals surface area contributed by atoms with Crippen molar-refractivity contribution in [3.63, 3.8) is 0 Å². The number of nitrogens with one attached hydrogen (secondary N) is 1. The zero-order valence-electron chi connectivity index (χ0n) is 13.3. The Morgan fingerprint density at radius 2 is 1.77 bits per heavy atom. The van der Waals surface area contributed by atoms with Gasteiger partial charge in [0.2, 0.25) is 5.91 Å². The van der Waals surface area contributed by atoms with Crippen molar-refractivity contribution < 1.29 is 9.53 Å². The van der Waals surface area contributed by atoms with Crippen molar-refractivity contribution >= 4 is 5.91 Å². The van der Waals surface area contributed by atoms with Crippen molar-refractivity contribution in [2.24, 2.45) is 0 Å². The number of carbonyl (C=O) groups excluding carboxylic acids is 1. The number of carbonyl (C=O) groups is 1. The van der Waals surface area contributed by atoms with Crippen LogP contribution in [0.2, 0.25) is 0 Å². The number of hydrogen-bond acceptors (Lipinski definition) is 2. The van der Waals surface area contributed by atoms with Gasteiger partial charge in [-0.2, -0.15) is 0 Å². The third kappa shape index (κ3) is 5.34. The summed E-state index contributed by atoms with van der Waals surface area (Å²) in [5, 5.41) is 2.89. The van der Waals surface area contributed by atoms with Gasteiger partial charge in [-0.25, -0.2) is 0 Å². The lowest BCUT2D eigenvalue weighted by molar-refractivity contribution is -0.120. The fourth-order valence-corrected chi connectivity index (χ4v) is 2.19. The van der Waals surface area contributed by atoms with Gasteiger partial charge in [-0.05, 0) is 36.1 Å². The average Bonchev–Trinajstić information content (AvgIpc) is 2.52. The molecule has 0 aliphatic rings. The minimum absolute atomic E-state index is 0.0339. The fourth-order valence-electron chi connectivity index (χ4n) is 2.19. The van der Waals surface area contributed by atoms with Gasteiger partial charge in [-0.1, -0.05) is 48.5 Å². The maximum Gasteiger partial charge on any atom is 0.224 e. The summed E-state index contributed by atoms with van der Waals surface area (Å²) in [7, 11) is 0. The topological polar surface area (TPSA) is 38.3 Å². The molecule has 0 unspecified atom stereocenters. The lowest BCUT2D eigenvalue weighted by atomic mass is 10.0. The van der Waals surface area contributed by atoms with Crippen LogP contribution in [0.15, 0.2) is 48.5 Å². The lowest BCUT2D eigenvalue weighted by Crippen LogP contribution is -2.28. The lowest BCUT2D eigenvalue weighted by Gasteiger charge is -2.08. The molecular weight excluding hydrogens is 274 g/mol. The van der Waals surface area contributed by atoms with Crippen LogP contribution < -0.4 is 5.32 Å². The number of hydrogen-bond donors (Lipinski definition) is 1. The molecule has 22 heavy (non-hydrogen) atoms. The summed E-state index contributed by atoms with van der Waals surface area (Å²) < 4.78 is 5.54. The summed E-state index contributed by atoms with van der Waals surface area (Å²) in [4.78, 5) is 11.9. The first-order valence-electron chi connectivity index (χ1n) is 7.59. The minimum Gasteiger partial charge on any atom is -0.375 e. The molecule has 2 rings (SSSR count). The van der Waals surface area contributed by atoms with E-state index in [4.69, 9.17) is 4.74 Å². The number of aryl methyl sites for hydroxylation is 2. The van der Waals surface area contributed by atoms with E-state index in [2.05, 4.69) is 31.3 Å². The van der Waals surface area contributed by atoms with E-state index in [0.29, 0.717) is 26.2 Å². The summed E-state index contributed by atoms with van der Waals surface area (Å²) in [6.07, 6.45) is 0.416. The normalized spacial score (nSPS) is 10.5. The second-order valence-corrected chi connectivity index (χ2v) is 5.48. The smallest absolute Gasteiger partial charge is 0.224 e. The number of amides is 1. The molecule has 2 aromatic rings. The third-order valence-electron chi connectivity index (χ3n) is 3.62. The van der Waals surface area contributed by atoms with Gasteiger partial charge in [0, 0.05) is 6.54 Å². The molecular formula is C19H23NO2. The van der Waals surface area contributed by atoms with E-state index < -0.39 is 0 Å². The van der Waals surface area contributed by atoms with Crippen LogP contribution >= 0.6 is 0 Å². The van der Waals surface area contributed by atoms with E-state index in [-0.39, 0.29) is 5.91 Å². The number of ether oxygens (including phenoxy) is 1. The van der Waals surface area contributed by atoms with Crippen LogP contribution in [0.3, 0.4) is 0 Å². The predicted molar refractivity (Wildman–Crippen MR) is 88.7 cm³/mol. The van der Waals surface area contributed by atoms with Gasteiger partial charge in [0.15, 0.2) is 0 Å². The Balaban J connectivity index is 1.64. The molecule has 0 aliphatic carbocycles. The van der Waals surface area contributed by atoms with Crippen molar-refractivity contribution in [1.29, 1.82) is 0 Å². The Kier molecular flexibility index (Phi) is 6.16. The first-order chi connectivity index (χ1) is 10.6. The van der Waals surface area contributed by atoms with E-state index in [1.807, 2.05) is 36.4 Å². The molecule has 0 fully saturated rings. The Morgan fingerprint density at radius 1 is 1.00 bits per heavy atom. The zero-order valence-corrected chi connectivity index (χ0v) is 13.3. The quantitative estimate of drug-likeness (QED) is 0.797. The summed E-state index contributed by atoms with van der Waals surface area (Å²) in [6, 6.07) is 16.1. The second-order valence-electron chi connectivity index (χ2n) is 5.48. The zero-order chi connectivity index (χ0) is 15.8. The van der Waals surface area contributed by atoms with Gasteiger partial charge in [-0.3, -0.25) is 4.79 Å².